The summed E-state index contributed by atoms with van der Waals surface area (Å²) < 4.78 is 5.14. The zero-order valence-electron chi connectivity index (χ0n) is 10.7. The summed E-state index contributed by atoms with van der Waals surface area (Å²) in [5.41, 5.74) is 2.32. The van der Waals surface area contributed by atoms with Crippen molar-refractivity contribution in [3.05, 3.63) is 45.1 Å². The molecule has 0 radical (unpaired) electrons. The van der Waals surface area contributed by atoms with Gasteiger partial charge in [-0.15, -0.1) is 11.3 Å². The lowest BCUT2D eigenvalue weighted by Gasteiger charge is -2.16. The van der Waals surface area contributed by atoms with Gasteiger partial charge in [-0.2, -0.15) is 0 Å². The summed E-state index contributed by atoms with van der Waals surface area (Å²) in [7, 11) is 1.62. The van der Waals surface area contributed by atoms with Gasteiger partial charge in [-0.1, -0.05) is 11.6 Å². The summed E-state index contributed by atoms with van der Waals surface area (Å²) in [4.78, 5) is 1.35. The fourth-order valence-corrected chi connectivity index (χ4v) is 3.09. The Morgan fingerprint density at radius 3 is 2.67 bits per heavy atom. The number of thiophene rings is 1. The molecule has 0 aliphatic heterocycles. The molecular weight excluding hydrogens is 266 g/mol. The fraction of sp³-hybridized carbons (Fsp3) is 0.286. The third kappa shape index (κ3) is 2.79. The van der Waals surface area contributed by atoms with Crippen LogP contribution in [0.4, 0.5) is 5.69 Å². The molecule has 4 heteroatoms. The number of ether oxygens (including phenoxy) is 1. The van der Waals surface area contributed by atoms with Crippen LogP contribution in [0.5, 0.6) is 5.75 Å². The molecule has 18 heavy (non-hydrogen) atoms. The molecule has 1 N–H and O–H groups in total. The van der Waals surface area contributed by atoms with Gasteiger partial charge in [0, 0.05) is 10.6 Å². The number of anilines is 1. The van der Waals surface area contributed by atoms with Gasteiger partial charge in [0.25, 0.3) is 0 Å². The molecule has 1 heterocycles. The monoisotopic (exact) mass is 281 g/mol. The zero-order chi connectivity index (χ0) is 13.1. The number of halogens is 1. The maximum Gasteiger partial charge on any atom is 0.137 e. The molecule has 0 spiro atoms. The molecule has 0 bridgehead atoms. The van der Waals surface area contributed by atoms with Crippen LogP contribution in [0.25, 0.3) is 0 Å². The maximum atomic E-state index is 6.11. The number of hydrogen-bond acceptors (Lipinski definition) is 3. The third-order valence-electron chi connectivity index (χ3n) is 2.83. The molecule has 1 atom stereocenters. The summed E-state index contributed by atoms with van der Waals surface area (Å²) in [5.74, 6) is 0.696. The van der Waals surface area contributed by atoms with Gasteiger partial charge in [-0.3, -0.25) is 0 Å². The van der Waals surface area contributed by atoms with E-state index in [1.54, 1.807) is 18.4 Å². The van der Waals surface area contributed by atoms with Crippen molar-refractivity contribution in [3.8, 4) is 5.75 Å². The van der Waals surface area contributed by atoms with Crippen molar-refractivity contribution in [2.75, 3.05) is 12.4 Å². The van der Waals surface area contributed by atoms with Crippen LogP contribution in [0, 0.1) is 6.92 Å². The number of rotatable bonds is 4. The Bertz CT molecular complexity index is 538. The fourth-order valence-electron chi connectivity index (χ4n) is 1.90. The molecular formula is C14H16ClNOS. The van der Waals surface area contributed by atoms with E-state index in [-0.39, 0.29) is 6.04 Å². The lowest BCUT2D eigenvalue weighted by molar-refractivity contribution is 0.415. The van der Waals surface area contributed by atoms with E-state index < -0.39 is 0 Å². The van der Waals surface area contributed by atoms with Gasteiger partial charge in [0.2, 0.25) is 0 Å². The second kappa shape index (κ2) is 5.63. The zero-order valence-corrected chi connectivity index (χ0v) is 12.2. The molecule has 1 unspecified atom stereocenters. The number of benzene rings is 1. The molecule has 1 aromatic heterocycles. The molecule has 2 rings (SSSR count). The van der Waals surface area contributed by atoms with Gasteiger partial charge in [-0.25, -0.2) is 0 Å². The van der Waals surface area contributed by atoms with Crippen LogP contribution >= 0.6 is 22.9 Å². The van der Waals surface area contributed by atoms with E-state index in [0.717, 1.165) is 5.69 Å². The Balaban J connectivity index is 2.15. The normalized spacial score (nSPS) is 12.2. The first-order valence-corrected chi connectivity index (χ1v) is 7.01. The van der Waals surface area contributed by atoms with Crippen LogP contribution in [-0.2, 0) is 0 Å². The van der Waals surface area contributed by atoms with Crippen LogP contribution in [0.2, 0.25) is 5.02 Å². The quantitative estimate of drug-likeness (QED) is 0.861. The lowest BCUT2D eigenvalue weighted by atomic mass is 10.2. The van der Waals surface area contributed by atoms with Crippen molar-refractivity contribution < 1.29 is 4.74 Å². The first kappa shape index (κ1) is 13.2. The Hall–Kier alpha value is -1.19. The van der Waals surface area contributed by atoms with E-state index in [1.165, 1.54) is 10.4 Å². The second-order valence-electron chi connectivity index (χ2n) is 4.18. The van der Waals surface area contributed by atoms with Gasteiger partial charge in [0.1, 0.15) is 5.75 Å². The van der Waals surface area contributed by atoms with Crippen LogP contribution in [0.3, 0.4) is 0 Å². The van der Waals surface area contributed by atoms with Crippen LogP contribution in [-0.4, -0.2) is 7.11 Å². The summed E-state index contributed by atoms with van der Waals surface area (Å²) in [6.45, 7) is 4.28. The lowest BCUT2D eigenvalue weighted by Crippen LogP contribution is -2.06. The van der Waals surface area contributed by atoms with Gasteiger partial charge in [0.15, 0.2) is 0 Å². The molecule has 0 saturated heterocycles. The van der Waals surface area contributed by atoms with Crippen LogP contribution in [0.1, 0.15) is 23.4 Å². The first-order chi connectivity index (χ1) is 8.61. The molecule has 0 saturated carbocycles. The highest BCUT2D eigenvalue weighted by Gasteiger charge is 2.10. The topological polar surface area (TPSA) is 21.3 Å². The smallest absolute Gasteiger partial charge is 0.137 e. The predicted octanol–water partition coefficient (Wildman–Crippen LogP) is 4.89. The largest absolute Gasteiger partial charge is 0.495 e. The van der Waals surface area contributed by atoms with Crippen molar-refractivity contribution in [1.82, 2.24) is 0 Å². The number of methoxy groups -OCH3 is 1. The molecule has 0 aliphatic carbocycles. The molecule has 2 nitrogen and oxygen atoms in total. The Labute approximate surface area is 117 Å². The maximum absolute atomic E-state index is 6.11. The standard InChI is InChI=1S/C14H16ClNOS/c1-9-6-7-18-14(9)10(2)16-11-4-5-13(17-3)12(15)8-11/h4-8,10,16H,1-3H3. The minimum atomic E-state index is 0.273. The van der Waals surface area contributed by atoms with Gasteiger partial charge in [-0.05, 0) is 49.1 Å². The minimum Gasteiger partial charge on any atom is -0.495 e. The summed E-state index contributed by atoms with van der Waals surface area (Å²) >= 11 is 7.88. The second-order valence-corrected chi connectivity index (χ2v) is 5.54. The predicted molar refractivity (Wildman–Crippen MR) is 79.1 cm³/mol. The minimum absolute atomic E-state index is 0.273. The Morgan fingerprint density at radius 1 is 1.33 bits per heavy atom. The van der Waals surface area contributed by atoms with Crippen molar-refractivity contribution in [2.45, 2.75) is 19.9 Å². The molecule has 0 amide bonds. The van der Waals surface area contributed by atoms with E-state index >= 15 is 0 Å². The highest BCUT2D eigenvalue weighted by atomic mass is 35.5. The van der Waals surface area contributed by atoms with E-state index in [4.69, 9.17) is 16.3 Å². The van der Waals surface area contributed by atoms with Crippen molar-refractivity contribution >= 4 is 28.6 Å². The van der Waals surface area contributed by atoms with Crippen molar-refractivity contribution in [3.63, 3.8) is 0 Å². The Morgan fingerprint density at radius 2 is 2.11 bits per heavy atom. The van der Waals surface area contributed by atoms with E-state index in [1.807, 2.05) is 18.2 Å². The number of aryl methyl sites for hydroxylation is 1. The first-order valence-electron chi connectivity index (χ1n) is 5.76. The molecule has 1 aromatic carbocycles. The Kier molecular flexibility index (Phi) is 4.15. The van der Waals surface area contributed by atoms with Crippen molar-refractivity contribution in [2.24, 2.45) is 0 Å². The van der Waals surface area contributed by atoms with E-state index in [0.29, 0.717) is 10.8 Å². The van der Waals surface area contributed by atoms with Gasteiger partial charge >= 0.3 is 0 Å². The highest BCUT2D eigenvalue weighted by molar-refractivity contribution is 7.10. The van der Waals surface area contributed by atoms with E-state index in [9.17, 15) is 0 Å². The molecule has 0 aliphatic rings. The van der Waals surface area contributed by atoms with Gasteiger partial charge < -0.3 is 10.1 Å². The average molecular weight is 282 g/mol. The number of hydrogen-bond donors (Lipinski definition) is 1. The van der Waals surface area contributed by atoms with E-state index in [2.05, 4.69) is 30.6 Å². The third-order valence-corrected chi connectivity index (χ3v) is 4.33. The summed E-state index contributed by atoms with van der Waals surface area (Å²) in [6, 6.07) is 8.15. The van der Waals surface area contributed by atoms with Crippen molar-refractivity contribution in [1.29, 1.82) is 0 Å². The van der Waals surface area contributed by atoms with Gasteiger partial charge in [0.05, 0.1) is 18.2 Å². The highest BCUT2D eigenvalue weighted by Crippen LogP contribution is 2.31. The SMILES string of the molecule is COc1ccc(NC(C)c2sccc2C)cc1Cl. The summed E-state index contributed by atoms with van der Waals surface area (Å²) in [6.07, 6.45) is 0. The molecule has 0 fully saturated rings. The average Bonchev–Trinajstić information content (AvgIpc) is 2.76. The number of nitrogens with one attached hydrogen (secondary N) is 1. The summed E-state index contributed by atoms with van der Waals surface area (Å²) in [5, 5.41) is 6.19. The van der Waals surface area contributed by atoms with Crippen LogP contribution < -0.4 is 10.1 Å². The van der Waals surface area contributed by atoms with Crippen LogP contribution in [0.15, 0.2) is 29.6 Å². The molecule has 2 aromatic rings. The molecule has 96 valence electrons.